The first-order valence-electron chi connectivity index (χ1n) is 5.00. The SMILES string of the molecule is Cc1cncc(-c2cc(N)nc(C(F)(F)F)n2)c1. The summed E-state index contributed by atoms with van der Waals surface area (Å²) in [5, 5.41) is 0. The molecule has 0 aliphatic heterocycles. The number of nitrogen functional groups attached to an aromatic ring is 1. The summed E-state index contributed by atoms with van der Waals surface area (Å²) in [6.07, 6.45) is -1.60. The van der Waals surface area contributed by atoms with E-state index < -0.39 is 12.0 Å². The van der Waals surface area contributed by atoms with Gasteiger partial charge in [-0.15, -0.1) is 0 Å². The Morgan fingerprint density at radius 1 is 1.11 bits per heavy atom. The number of hydrogen-bond donors (Lipinski definition) is 1. The molecular weight excluding hydrogens is 245 g/mol. The summed E-state index contributed by atoms with van der Waals surface area (Å²) >= 11 is 0. The molecule has 0 aromatic carbocycles. The van der Waals surface area contributed by atoms with Gasteiger partial charge in [0, 0.05) is 24.0 Å². The Balaban J connectivity index is 2.55. The van der Waals surface area contributed by atoms with Gasteiger partial charge in [-0.2, -0.15) is 13.2 Å². The molecule has 0 fully saturated rings. The van der Waals surface area contributed by atoms with E-state index in [9.17, 15) is 13.2 Å². The van der Waals surface area contributed by atoms with Crippen LogP contribution < -0.4 is 5.73 Å². The van der Waals surface area contributed by atoms with E-state index in [1.54, 1.807) is 19.2 Å². The largest absolute Gasteiger partial charge is 0.451 e. The van der Waals surface area contributed by atoms with Crippen molar-refractivity contribution in [2.75, 3.05) is 5.73 Å². The van der Waals surface area contributed by atoms with Gasteiger partial charge in [-0.25, -0.2) is 9.97 Å². The third kappa shape index (κ3) is 2.55. The summed E-state index contributed by atoms with van der Waals surface area (Å²) < 4.78 is 37.6. The Kier molecular flexibility index (Phi) is 2.90. The van der Waals surface area contributed by atoms with Crippen LogP contribution >= 0.6 is 0 Å². The van der Waals surface area contributed by atoms with Crippen molar-refractivity contribution in [3.8, 4) is 11.3 Å². The van der Waals surface area contributed by atoms with Crippen LogP contribution in [0.5, 0.6) is 0 Å². The average Bonchev–Trinajstić information content (AvgIpc) is 2.27. The fourth-order valence-corrected chi connectivity index (χ4v) is 1.44. The van der Waals surface area contributed by atoms with E-state index >= 15 is 0 Å². The third-order valence-electron chi connectivity index (χ3n) is 2.17. The molecule has 0 amide bonds. The molecule has 2 rings (SSSR count). The number of pyridine rings is 1. The minimum absolute atomic E-state index is 0.103. The molecule has 4 nitrogen and oxygen atoms in total. The lowest BCUT2D eigenvalue weighted by Gasteiger charge is -2.08. The van der Waals surface area contributed by atoms with Crippen LogP contribution in [0.4, 0.5) is 19.0 Å². The number of aryl methyl sites for hydroxylation is 1. The molecule has 2 aromatic heterocycles. The summed E-state index contributed by atoms with van der Waals surface area (Å²) in [6.45, 7) is 1.78. The Morgan fingerprint density at radius 3 is 2.44 bits per heavy atom. The predicted molar refractivity (Wildman–Crippen MR) is 59.4 cm³/mol. The maximum atomic E-state index is 12.5. The molecule has 94 valence electrons. The molecule has 0 unspecified atom stereocenters. The average molecular weight is 254 g/mol. The normalized spacial score (nSPS) is 11.6. The molecular formula is C11H9F3N4. The fraction of sp³-hybridized carbons (Fsp3) is 0.182. The van der Waals surface area contributed by atoms with Gasteiger partial charge in [0.2, 0.25) is 5.82 Å². The molecule has 0 saturated heterocycles. The lowest BCUT2D eigenvalue weighted by molar-refractivity contribution is -0.144. The molecule has 18 heavy (non-hydrogen) atoms. The van der Waals surface area contributed by atoms with Crippen LogP contribution in [0.2, 0.25) is 0 Å². The number of hydrogen-bond acceptors (Lipinski definition) is 4. The van der Waals surface area contributed by atoms with Gasteiger partial charge in [0.05, 0.1) is 5.69 Å². The molecule has 0 spiro atoms. The number of halogens is 3. The predicted octanol–water partition coefficient (Wildman–Crippen LogP) is 2.45. The zero-order valence-electron chi connectivity index (χ0n) is 9.36. The first-order chi connectivity index (χ1) is 8.36. The molecule has 0 atom stereocenters. The summed E-state index contributed by atoms with van der Waals surface area (Å²) in [4.78, 5) is 10.5. The van der Waals surface area contributed by atoms with Gasteiger partial charge in [0.15, 0.2) is 0 Å². The van der Waals surface area contributed by atoms with Crippen molar-refractivity contribution < 1.29 is 13.2 Å². The number of nitrogens with two attached hydrogens (primary N) is 1. The second kappa shape index (κ2) is 4.25. The Labute approximate surface area is 101 Å². The van der Waals surface area contributed by atoms with Gasteiger partial charge >= 0.3 is 6.18 Å². The highest BCUT2D eigenvalue weighted by Gasteiger charge is 2.35. The highest BCUT2D eigenvalue weighted by Crippen LogP contribution is 2.29. The second-order valence-electron chi connectivity index (χ2n) is 3.75. The van der Waals surface area contributed by atoms with Gasteiger partial charge < -0.3 is 5.73 Å². The number of rotatable bonds is 1. The molecule has 0 aliphatic carbocycles. The van der Waals surface area contributed by atoms with E-state index in [1.165, 1.54) is 12.3 Å². The monoisotopic (exact) mass is 254 g/mol. The van der Waals surface area contributed by atoms with Crippen molar-refractivity contribution in [3.05, 3.63) is 35.9 Å². The van der Waals surface area contributed by atoms with Crippen molar-refractivity contribution in [2.24, 2.45) is 0 Å². The van der Waals surface area contributed by atoms with Crippen LogP contribution in [0.1, 0.15) is 11.4 Å². The molecule has 7 heteroatoms. The van der Waals surface area contributed by atoms with Crippen LogP contribution in [0.15, 0.2) is 24.5 Å². The number of nitrogens with zero attached hydrogens (tertiary/aromatic N) is 3. The van der Waals surface area contributed by atoms with Crippen LogP contribution in [0, 0.1) is 6.92 Å². The first-order valence-corrected chi connectivity index (χ1v) is 5.00. The van der Waals surface area contributed by atoms with Crippen molar-refractivity contribution in [3.63, 3.8) is 0 Å². The highest BCUT2D eigenvalue weighted by atomic mass is 19.4. The fourth-order valence-electron chi connectivity index (χ4n) is 1.44. The smallest absolute Gasteiger partial charge is 0.384 e. The van der Waals surface area contributed by atoms with Crippen LogP contribution in [0.3, 0.4) is 0 Å². The Hall–Kier alpha value is -2.18. The van der Waals surface area contributed by atoms with Gasteiger partial charge in [-0.1, -0.05) is 0 Å². The maximum Gasteiger partial charge on any atom is 0.451 e. The minimum Gasteiger partial charge on any atom is -0.384 e. The highest BCUT2D eigenvalue weighted by molar-refractivity contribution is 5.61. The first kappa shape index (κ1) is 12.3. The van der Waals surface area contributed by atoms with E-state index in [4.69, 9.17) is 5.73 Å². The maximum absolute atomic E-state index is 12.5. The zero-order valence-corrected chi connectivity index (χ0v) is 9.36. The Bertz CT molecular complexity index is 581. The lowest BCUT2D eigenvalue weighted by atomic mass is 10.1. The van der Waals surface area contributed by atoms with E-state index in [1.807, 2.05) is 0 Å². The van der Waals surface area contributed by atoms with Crippen LogP contribution in [0.25, 0.3) is 11.3 Å². The molecule has 2 heterocycles. The van der Waals surface area contributed by atoms with Crippen molar-refractivity contribution in [1.82, 2.24) is 15.0 Å². The molecule has 2 N–H and O–H groups in total. The van der Waals surface area contributed by atoms with E-state index in [0.29, 0.717) is 5.56 Å². The summed E-state index contributed by atoms with van der Waals surface area (Å²) in [5.74, 6) is -1.48. The van der Waals surface area contributed by atoms with Crippen molar-refractivity contribution >= 4 is 5.82 Å². The van der Waals surface area contributed by atoms with Gasteiger partial charge in [0.1, 0.15) is 5.82 Å². The molecule has 2 aromatic rings. The molecule has 0 aliphatic rings. The number of alkyl halides is 3. The van der Waals surface area contributed by atoms with Crippen LogP contribution in [-0.2, 0) is 6.18 Å². The van der Waals surface area contributed by atoms with Crippen LogP contribution in [-0.4, -0.2) is 15.0 Å². The van der Waals surface area contributed by atoms with E-state index in [0.717, 1.165) is 5.56 Å². The van der Waals surface area contributed by atoms with Gasteiger partial charge in [0.25, 0.3) is 0 Å². The zero-order chi connectivity index (χ0) is 13.3. The quantitative estimate of drug-likeness (QED) is 0.848. The number of anilines is 1. The lowest BCUT2D eigenvalue weighted by Crippen LogP contribution is -2.13. The summed E-state index contributed by atoms with van der Waals surface area (Å²) in [7, 11) is 0. The van der Waals surface area contributed by atoms with Gasteiger partial charge in [-0.3, -0.25) is 4.98 Å². The number of aromatic nitrogens is 3. The topological polar surface area (TPSA) is 64.7 Å². The van der Waals surface area contributed by atoms with E-state index in [-0.39, 0.29) is 11.5 Å². The minimum atomic E-state index is -4.62. The molecule has 0 saturated carbocycles. The standard InChI is InChI=1S/C11H9F3N4/c1-6-2-7(5-16-4-6)8-3-9(15)18-10(17-8)11(12,13)14/h2-5H,1H3,(H2,15,17,18). The van der Waals surface area contributed by atoms with Crippen molar-refractivity contribution in [1.29, 1.82) is 0 Å². The summed E-state index contributed by atoms with van der Waals surface area (Å²) in [6, 6.07) is 2.96. The van der Waals surface area contributed by atoms with Gasteiger partial charge in [-0.05, 0) is 18.6 Å². The summed E-state index contributed by atoms with van der Waals surface area (Å²) in [5.41, 5.74) is 6.75. The van der Waals surface area contributed by atoms with E-state index in [2.05, 4.69) is 15.0 Å². The molecule has 0 radical (unpaired) electrons. The third-order valence-corrected chi connectivity index (χ3v) is 2.17. The van der Waals surface area contributed by atoms with Crippen molar-refractivity contribution in [2.45, 2.75) is 13.1 Å². The second-order valence-corrected chi connectivity index (χ2v) is 3.75. The molecule has 0 bridgehead atoms. The Morgan fingerprint density at radius 2 is 1.83 bits per heavy atom.